The molecule has 0 aromatic heterocycles. The molecule has 0 saturated carbocycles. The van der Waals surface area contributed by atoms with Gasteiger partial charge in [0, 0.05) is 25.6 Å². The molecule has 0 spiro atoms. The van der Waals surface area contributed by atoms with E-state index in [9.17, 15) is 18.0 Å². The van der Waals surface area contributed by atoms with Crippen LogP contribution in [0.5, 0.6) is 0 Å². The molecule has 1 N–H and O–H groups in total. The van der Waals surface area contributed by atoms with Crippen LogP contribution in [0.15, 0.2) is 24.3 Å². The van der Waals surface area contributed by atoms with Crippen molar-refractivity contribution in [2.75, 3.05) is 26.2 Å². The second kappa shape index (κ2) is 8.20. The molecule has 1 saturated heterocycles. The van der Waals surface area contributed by atoms with Crippen LogP contribution in [0, 0.1) is 17.8 Å². The maximum absolute atomic E-state index is 12.5. The van der Waals surface area contributed by atoms with E-state index >= 15 is 0 Å². The minimum Gasteiger partial charge on any atom is -0.356 e. The molecule has 3 nitrogen and oxygen atoms in total. The highest BCUT2D eigenvalue weighted by Crippen LogP contribution is 2.28. The van der Waals surface area contributed by atoms with E-state index in [-0.39, 0.29) is 5.91 Å². The van der Waals surface area contributed by atoms with Crippen molar-refractivity contribution in [2.45, 2.75) is 25.9 Å². The molecule has 1 atom stereocenters. The molecule has 130 valence electrons. The van der Waals surface area contributed by atoms with Crippen molar-refractivity contribution in [3.05, 3.63) is 35.4 Å². The van der Waals surface area contributed by atoms with Gasteiger partial charge in [-0.15, -0.1) is 0 Å². The fraction of sp³-hybridized carbons (Fsp3) is 0.500. The Morgan fingerprint density at radius 2 is 2.04 bits per heavy atom. The number of carbonyl (C=O) groups excluding carboxylic acids is 1. The Kier molecular flexibility index (Phi) is 6.27. The van der Waals surface area contributed by atoms with Gasteiger partial charge in [-0.25, -0.2) is 0 Å². The molecular formula is C18H21F3N2O. The summed E-state index contributed by atoms with van der Waals surface area (Å²) in [6.07, 6.45) is -2.17. The van der Waals surface area contributed by atoms with E-state index in [1.165, 1.54) is 19.1 Å². The standard InChI is InChI=1S/C18H21F3N2O/c1-14(24)22-12-16-5-3-11-23(13-16)10-2-4-15-6-8-17(9-7-15)18(19,20)21/h6-9,16H,3,5,10-13H2,1H3,(H,22,24)/t16-/m0/s1. The molecular weight excluding hydrogens is 317 g/mol. The summed E-state index contributed by atoms with van der Waals surface area (Å²) in [6, 6.07) is 4.89. The molecule has 1 amide bonds. The summed E-state index contributed by atoms with van der Waals surface area (Å²) in [4.78, 5) is 13.2. The van der Waals surface area contributed by atoms with Gasteiger partial charge in [-0.3, -0.25) is 9.69 Å². The predicted molar refractivity (Wildman–Crippen MR) is 86.2 cm³/mol. The first-order valence-corrected chi connectivity index (χ1v) is 7.97. The molecule has 6 heteroatoms. The molecule has 1 fully saturated rings. The number of alkyl halides is 3. The quantitative estimate of drug-likeness (QED) is 0.860. The van der Waals surface area contributed by atoms with Crippen LogP contribution in [-0.4, -0.2) is 37.0 Å². The van der Waals surface area contributed by atoms with E-state index < -0.39 is 11.7 Å². The molecule has 24 heavy (non-hydrogen) atoms. The summed E-state index contributed by atoms with van der Waals surface area (Å²) < 4.78 is 37.5. The number of likely N-dealkylation sites (tertiary alicyclic amines) is 1. The Hall–Kier alpha value is -2.00. The summed E-state index contributed by atoms with van der Waals surface area (Å²) in [5.74, 6) is 6.34. The minimum atomic E-state index is -4.32. The fourth-order valence-corrected chi connectivity index (χ4v) is 2.75. The third-order valence-electron chi connectivity index (χ3n) is 3.99. The number of benzene rings is 1. The van der Waals surface area contributed by atoms with Crippen LogP contribution < -0.4 is 5.32 Å². The number of nitrogens with one attached hydrogen (secondary N) is 1. The van der Waals surface area contributed by atoms with Crippen molar-refractivity contribution in [3.63, 3.8) is 0 Å². The predicted octanol–water partition coefficient (Wildman–Crippen LogP) is 2.91. The first kappa shape index (κ1) is 18.3. The smallest absolute Gasteiger partial charge is 0.356 e. The summed E-state index contributed by atoms with van der Waals surface area (Å²) in [6.45, 7) is 4.60. The van der Waals surface area contributed by atoms with E-state index in [4.69, 9.17) is 0 Å². The minimum absolute atomic E-state index is 0.0192. The second-order valence-corrected chi connectivity index (χ2v) is 6.06. The lowest BCUT2D eigenvalue weighted by Gasteiger charge is -2.31. The van der Waals surface area contributed by atoms with Gasteiger partial charge in [0.25, 0.3) is 0 Å². The highest BCUT2D eigenvalue weighted by Gasteiger charge is 2.29. The van der Waals surface area contributed by atoms with E-state index in [1.807, 2.05) is 0 Å². The molecule has 0 radical (unpaired) electrons. The third-order valence-corrected chi connectivity index (χ3v) is 3.99. The number of hydrogen-bond acceptors (Lipinski definition) is 2. The highest BCUT2D eigenvalue weighted by atomic mass is 19.4. The largest absolute Gasteiger partial charge is 0.416 e. The lowest BCUT2D eigenvalue weighted by atomic mass is 9.98. The first-order chi connectivity index (χ1) is 11.3. The summed E-state index contributed by atoms with van der Waals surface area (Å²) in [5.41, 5.74) is -0.0836. The van der Waals surface area contributed by atoms with Gasteiger partial charge in [0.15, 0.2) is 0 Å². The van der Waals surface area contributed by atoms with Crippen molar-refractivity contribution >= 4 is 5.91 Å². The van der Waals surface area contributed by atoms with Crippen LogP contribution in [0.3, 0.4) is 0 Å². The van der Waals surface area contributed by atoms with Gasteiger partial charge in [-0.05, 0) is 49.6 Å². The fourth-order valence-electron chi connectivity index (χ4n) is 2.75. The van der Waals surface area contributed by atoms with Gasteiger partial charge < -0.3 is 5.32 Å². The normalized spacial score (nSPS) is 18.6. The SMILES string of the molecule is CC(=O)NC[C@@H]1CCCN(CC#Cc2ccc(C(F)(F)F)cc2)C1. The van der Waals surface area contributed by atoms with Crippen LogP contribution in [0.2, 0.25) is 0 Å². The molecule has 1 heterocycles. The van der Waals surface area contributed by atoms with Gasteiger partial charge in [0.2, 0.25) is 5.91 Å². The van der Waals surface area contributed by atoms with Crippen molar-refractivity contribution in [3.8, 4) is 11.8 Å². The maximum Gasteiger partial charge on any atom is 0.416 e. The van der Waals surface area contributed by atoms with Crippen molar-refractivity contribution in [2.24, 2.45) is 5.92 Å². The Morgan fingerprint density at radius 3 is 2.67 bits per heavy atom. The third kappa shape index (κ3) is 5.89. The number of nitrogens with zero attached hydrogens (tertiary/aromatic N) is 1. The van der Waals surface area contributed by atoms with E-state index in [0.29, 0.717) is 24.6 Å². The monoisotopic (exact) mass is 338 g/mol. The summed E-state index contributed by atoms with van der Waals surface area (Å²) in [7, 11) is 0. The van der Waals surface area contributed by atoms with Crippen LogP contribution >= 0.6 is 0 Å². The Balaban J connectivity index is 1.85. The number of piperidine rings is 1. The average molecular weight is 338 g/mol. The number of carbonyl (C=O) groups is 1. The van der Waals surface area contributed by atoms with Crippen LogP contribution in [-0.2, 0) is 11.0 Å². The van der Waals surface area contributed by atoms with Crippen molar-refractivity contribution in [1.29, 1.82) is 0 Å². The lowest BCUT2D eigenvalue weighted by molar-refractivity contribution is -0.137. The zero-order chi connectivity index (χ0) is 17.6. The lowest BCUT2D eigenvalue weighted by Crippen LogP contribution is -2.40. The Bertz CT molecular complexity index is 614. The Labute approximate surface area is 140 Å². The zero-order valence-electron chi connectivity index (χ0n) is 13.6. The average Bonchev–Trinajstić information content (AvgIpc) is 2.53. The number of rotatable bonds is 3. The molecule has 1 aromatic carbocycles. The molecule has 1 aromatic rings. The summed E-state index contributed by atoms with van der Waals surface area (Å²) in [5, 5.41) is 2.84. The van der Waals surface area contributed by atoms with E-state index in [1.54, 1.807) is 0 Å². The zero-order valence-corrected chi connectivity index (χ0v) is 13.6. The van der Waals surface area contributed by atoms with E-state index in [2.05, 4.69) is 22.1 Å². The van der Waals surface area contributed by atoms with Crippen molar-refractivity contribution < 1.29 is 18.0 Å². The second-order valence-electron chi connectivity index (χ2n) is 6.06. The van der Waals surface area contributed by atoms with Gasteiger partial charge in [0.05, 0.1) is 12.1 Å². The maximum atomic E-state index is 12.5. The molecule has 0 aliphatic carbocycles. The molecule has 0 bridgehead atoms. The number of halogens is 3. The number of hydrogen-bond donors (Lipinski definition) is 1. The highest BCUT2D eigenvalue weighted by molar-refractivity contribution is 5.72. The van der Waals surface area contributed by atoms with Gasteiger partial charge in [-0.1, -0.05) is 11.8 Å². The van der Waals surface area contributed by atoms with Crippen LogP contribution in [0.25, 0.3) is 0 Å². The molecule has 2 rings (SSSR count). The van der Waals surface area contributed by atoms with Gasteiger partial charge >= 0.3 is 6.18 Å². The molecule has 0 unspecified atom stereocenters. The van der Waals surface area contributed by atoms with Crippen LogP contribution in [0.4, 0.5) is 13.2 Å². The van der Waals surface area contributed by atoms with Gasteiger partial charge in [0.1, 0.15) is 0 Å². The molecule has 1 aliphatic rings. The first-order valence-electron chi connectivity index (χ1n) is 7.97. The van der Waals surface area contributed by atoms with Crippen LogP contribution in [0.1, 0.15) is 30.9 Å². The number of amides is 1. The van der Waals surface area contributed by atoms with Gasteiger partial charge in [-0.2, -0.15) is 13.2 Å². The van der Waals surface area contributed by atoms with Crippen molar-refractivity contribution in [1.82, 2.24) is 10.2 Å². The van der Waals surface area contributed by atoms with E-state index in [0.717, 1.165) is 38.1 Å². The topological polar surface area (TPSA) is 32.3 Å². The summed E-state index contributed by atoms with van der Waals surface area (Å²) >= 11 is 0. The Morgan fingerprint density at radius 1 is 1.33 bits per heavy atom. The molecule has 1 aliphatic heterocycles.